The quantitative estimate of drug-likeness (QED) is 0.455. The van der Waals surface area contributed by atoms with Crippen LogP contribution in [0.3, 0.4) is 0 Å². The van der Waals surface area contributed by atoms with Gasteiger partial charge in [0.2, 0.25) is 11.8 Å². The molecule has 1 aliphatic rings. The second-order valence-corrected chi connectivity index (χ2v) is 8.99. The van der Waals surface area contributed by atoms with E-state index in [1.807, 2.05) is 25.3 Å². The van der Waals surface area contributed by atoms with E-state index in [9.17, 15) is 14.0 Å². The van der Waals surface area contributed by atoms with Crippen LogP contribution in [0.1, 0.15) is 42.2 Å². The zero-order valence-corrected chi connectivity index (χ0v) is 19.1. The number of carbonyl (C=O) groups excluding carboxylic acids is 2. The number of rotatable bonds is 12. The van der Waals surface area contributed by atoms with Crippen molar-refractivity contribution in [3.8, 4) is 0 Å². The highest BCUT2D eigenvalue weighted by Crippen LogP contribution is 2.31. The van der Waals surface area contributed by atoms with Crippen molar-refractivity contribution in [2.24, 2.45) is 5.92 Å². The van der Waals surface area contributed by atoms with Gasteiger partial charge in [0.15, 0.2) is 0 Å². The fourth-order valence-electron chi connectivity index (χ4n) is 3.40. The van der Waals surface area contributed by atoms with Crippen LogP contribution in [0, 0.1) is 18.7 Å². The number of benzene rings is 1. The lowest BCUT2D eigenvalue weighted by atomic mass is 10.2. The van der Waals surface area contributed by atoms with Crippen LogP contribution in [0.5, 0.6) is 0 Å². The number of thiophene rings is 1. The highest BCUT2D eigenvalue weighted by molar-refractivity contribution is 7.10. The summed E-state index contributed by atoms with van der Waals surface area (Å²) in [7, 11) is 0. The molecule has 1 aromatic heterocycles. The first-order valence-corrected chi connectivity index (χ1v) is 11.8. The zero-order valence-electron chi connectivity index (χ0n) is 18.3. The molecule has 0 saturated heterocycles. The second-order valence-electron chi connectivity index (χ2n) is 7.99. The van der Waals surface area contributed by atoms with Crippen LogP contribution >= 0.6 is 11.3 Å². The number of carbonyl (C=O) groups is 2. The predicted octanol–water partition coefficient (Wildman–Crippen LogP) is 4.39. The Morgan fingerprint density at radius 1 is 1.13 bits per heavy atom. The lowest BCUT2D eigenvalue weighted by Gasteiger charge is -2.28. The third kappa shape index (κ3) is 7.14. The summed E-state index contributed by atoms with van der Waals surface area (Å²) >= 11 is 1.62. The monoisotopic (exact) mass is 446 g/mol. The van der Waals surface area contributed by atoms with Gasteiger partial charge in [-0.05, 0) is 67.8 Å². The Kier molecular flexibility index (Phi) is 8.60. The Hall–Kier alpha value is -2.25. The molecule has 2 amide bonds. The van der Waals surface area contributed by atoms with Crippen molar-refractivity contribution >= 4 is 23.2 Å². The minimum Gasteiger partial charge on any atom is -0.382 e. The molecule has 2 aromatic rings. The van der Waals surface area contributed by atoms with E-state index in [-0.39, 0.29) is 30.1 Å². The number of amides is 2. The lowest BCUT2D eigenvalue weighted by Crippen LogP contribution is -2.43. The van der Waals surface area contributed by atoms with Crippen LogP contribution in [0.2, 0.25) is 0 Å². The maximum atomic E-state index is 13.3. The minimum absolute atomic E-state index is 0.0602. The van der Waals surface area contributed by atoms with Crippen LogP contribution in [-0.2, 0) is 27.4 Å². The van der Waals surface area contributed by atoms with Gasteiger partial charge < -0.3 is 14.5 Å². The summed E-state index contributed by atoms with van der Waals surface area (Å²) < 4.78 is 18.7. The highest BCUT2D eigenvalue weighted by atomic mass is 32.1. The van der Waals surface area contributed by atoms with Crippen LogP contribution in [0.15, 0.2) is 35.7 Å². The Morgan fingerprint density at radius 2 is 1.87 bits per heavy atom. The van der Waals surface area contributed by atoms with E-state index in [0.29, 0.717) is 39.3 Å². The van der Waals surface area contributed by atoms with Crippen molar-refractivity contribution in [1.29, 1.82) is 0 Å². The van der Waals surface area contributed by atoms with Crippen molar-refractivity contribution < 1.29 is 18.7 Å². The molecule has 0 spiro atoms. The molecule has 1 aliphatic carbocycles. The van der Waals surface area contributed by atoms with Crippen molar-refractivity contribution in [2.75, 3.05) is 26.3 Å². The molecule has 1 aromatic carbocycles. The third-order valence-corrected chi connectivity index (χ3v) is 6.44. The zero-order chi connectivity index (χ0) is 22.2. The van der Waals surface area contributed by atoms with E-state index in [0.717, 1.165) is 28.8 Å². The number of aryl methyl sites for hydroxylation is 1. The number of halogens is 1. The average Bonchev–Trinajstić information content (AvgIpc) is 3.53. The Labute approximate surface area is 187 Å². The molecule has 0 unspecified atom stereocenters. The number of ether oxygens (including phenoxy) is 1. The molecule has 0 N–H and O–H groups in total. The van der Waals surface area contributed by atoms with E-state index < -0.39 is 0 Å². The molecule has 7 heteroatoms. The van der Waals surface area contributed by atoms with Gasteiger partial charge in [0.1, 0.15) is 5.82 Å². The minimum atomic E-state index is -0.300. The first-order valence-electron chi connectivity index (χ1n) is 10.9. The molecule has 31 heavy (non-hydrogen) atoms. The van der Waals surface area contributed by atoms with Crippen LogP contribution < -0.4 is 0 Å². The maximum Gasteiger partial charge on any atom is 0.242 e. The molecule has 0 atom stereocenters. The van der Waals surface area contributed by atoms with E-state index in [4.69, 9.17) is 4.74 Å². The molecule has 0 radical (unpaired) electrons. The van der Waals surface area contributed by atoms with Gasteiger partial charge in [0.25, 0.3) is 0 Å². The summed E-state index contributed by atoms with van der Waals surface area (Å²) in [4.78, 5) is 30.7. The predicted molar refractivity (Wildman–Crippen MR) is 120 cm³/mol. The fourth-order valence-corrected chi connectivity index (χ4v) is 4.32. The van der Waals surface area contributed by atoms with Gasteiger partial charge in [-0.25, -0.2) is 4.39 Å². The smallest absolute Gasteiger partial charge is 0.242 e. The standard InChI is InChI=1S/C24H31FN2O3S/c1-3-30-13-4-12-26(24(29)20-7-8-20)17-23(28)27(16-22-18(2)11-14-31-22)15-19-5-9-21(25)10-6-19/h5-6,9-11,14,20H,3-4,7-8,12-13,15-17H2,1-2H3. The van der Waals surface area contributed by atoms with Gasteiger partial charge in [-0.2, -0.15) is 0 Å². The summed E-state index contributed by atoms with van der Waals surface area (Å²) in [6.45, 7) is 6.62. The van der Waals surface area contributed by atoms with Gasteiger partial charge >= 0.3 is 0 Å². The van der Waals surface area contributed by atoms with E-state index in [1.54, 1.807) is 33.3 Å². The number of hydrogen-bond donors (Lipinski definition) is 0. The maximum absolute atomic E-state index is 13.3. The normalized spacial score (nSPS) is 13.3. The fraction of sp³-hybridized carbons (Fsp3) is 0.500. The van der Waals surface area contributed by atoms with E-state index in [1.165, 1.54) is 12.1 Å². The molecule has 0 aliphatic heterocycles. The Morgan fingerprint density at radius 3 is 2.48 bits per heavy atom. The lowest BCUT2D eigenvalue weighted by molar-refractivity contribution is -0.142. The molecule has 1 fully saturated rings. The highest BCUT2D eigenvalue weighted by Gasteiger charge is 2.34. The van der Waals surface area contributed by atoms with Gasteiger partial charge in [0, 0.05) is 37.1 Å². The molecule has 168 valence electrons. The molecular formula is C24H31FN2O3S. The average molecular weight is 447 g/mol. The number of hydrogen-bond acceptors (Lipinski definition) is 4. The van der Waals surface area contributed by atoms with Gasteiger partial charge in [-0.3, -0.25) is 9.59 Å². The molecular weight excluding hydrogens is 415 g/mol. The first-order chi connectivity index (χ1) is 15.0. The number of nitrogens with zero attached hydrogens (tertiary/aromatic N) is 2. The second kappa shape index (κ2) is 11.4. The Balaban J connectivity index is 1.71. The summed E-state index contributed by atoms with van der Waals surface area (Å²) in [5.41, 5.74) is 2.00. The summed E-state index contributed by atoms with van der Waals surface area (Å²) in [5.74, 6) is -0.266. The van der Waals surface area contributed by atoms with Crippen molar-refractivity contribution in [2.45, 2.75) is 46.2 Å². The molecule has 1 heterocycles. The van der Waals surface area contributed by atoms with Crippen molar-refractivity contribution in [3.63, 3.8) is 0 Å². The first kappa shape index (κ1) is 23.4. The van der Waals surface area contributed by atoms with Crippen LogP contribution in [0.4, 0.5) is 4.39 Å². The summed E-state index contributed by atoms with van der Waals surface area (Å²) in [6.07, 6.45) is 2.52. The van der Waals surface area contributed by atoms with Gasteiger partial charge in [-0.1, -0.05) is 12.1 Å². The van der Waals surface area contributed by atoms with Crippen molar-refractivity contribution in [1.82, 2.24) is 9.80 Å². The third-order valence-electron chi connectivity index (χ3n) is 5.43. The molecule has 3 rings (SSSR count). The van der Waals surface area contributed by atoms with Crippen LogP contribution in [0.25, 0.3) is 0 Å². The summed E-state index contributed by atoms with van der Waals surface area (Å²) in [5, 5.41) is 2.02. The van der Waals surface area contributed by atoms with E-state index >= 15 is 0 Å². The van der Waals surface area contributed by atoms with Gasteiger partial charge in [0.05, 0.1) is 13.1 Å². The van der Waals surface area contributed by atoms with Gasteiger partial charge in [-0.15, -0.1) is 11.3 Å². The van der Waals surface area contributed by atoms with Crippen molar-refractivity contribution in [3.05, 3.63) is 57.5 Å². The Bertz CT molecular complexity index is 864. The van der Waals surface area contributed by atoms with Crippen LogP contribution in [-0.4, -0.2) is 47.9 Å². The molecule has 0 bridgehead atoms. The largest absolute Gasteiger partial charge is 0.382 e. The molecule has 5 nitrogen and oxygen atoms in total. The molecule has 1 saturated carbocycles. The van der Waals surface area contributed by atoms with E-state index in [2.05, 4.69) is 0 Å². The summed E-state index contributed by atoms with van der Waals surface area (Å²) in [6, 6.07) is 8.26. The topological polar surface area (TPSA) is 49.9 Å². The SMILES string of the molecule is CCOCCCN(CC(=O)N(Cc1ccc(F)cc1)Cc1sccc1C)C(=O)C1CC1.